The van der Waals surface area contributed by atoms with Gasteiger partial charge in [0.25, 0.3) is 5.91 Å². The third kappa shape index (κ3) is 3.25. The van der Waals surface area contributed by atoms with Crippen LogP contribution in [0.5, 0.6) is 5.75 Å². The molecule has 0 unspecified atom stereocenters. The average molecular weight is 249 g/mol. The summed E-state index contributed by atoms with van der Waals surface area (Å²) in [5.74, 6) is 0.325. The lowest BCUT2D eigenvalue weighted by molar-refractivity contribution is 0.0922. The fourth-order valence-corrected chi connectivity index (χ4v) is 1.45. The lowest BCUT2D eigenvalue weighted by Crippen LogP contribution is -2.37. The number of phenols is 1. The van der Waals surface area contributed by atoms with Gasteiger partial charge in [-0.15, -0.1) is 0 Å². The smallest absolute Gasteiger partial charge is 0.255 e. The number of aryl methyl sites for hydroxylation is 1. The summed E-state index contributed by atoms with van der Waals surface area (Å²) in [4.78, 5) is 12.0. The topological polar surface area (TPSA) is 49.3 Å². The van der Waals surface area contributed by atoms with Crippen LogP contribution >= 0.6 is 0 Å². The maximum Gasteiger partial charge on any atom is 0.255 e. The average Bonchev–Trinajstić information content (AvgIpc) is 2.29. The van der Waals surface area contributed by atoms with Crippen molar-refractivity contribution in [1.82, 2.24) is 5.32 Å². The lowest BCUT2D eigenvalue weighted by atomic mass is 9.81. The van der Waals surface area contributed by atoms with Crippen LogP contribution < -0.4 is 5.32 Å². The van der Waals surface area contributed by atoms with Crippen molar-refractivity contribution in [3.63, 3.8) is 0 Å². The van der Waals surface area contributed by atoms with E-state index in [1.165, 1.54) is 0 Å². The van der Waals surface area contributed by atoms with E-state index in [1.807, 2.05) is 0 Å². The molecule has 0 saturated heterocycles. The minimum Gasteiger partial charge on any atom is -0.507 e. The van der Waals surface area contributed by atoms with Gasteiger partial charge in [0.2, 0.25) is 0 Å². The molecule has 0 aromatic heterocycles. The van der Waals surface area contributed by atoms with Crippen LogP contribution in [0, 0.1) is 18.3 Å². The number of carbonyl (C=O) groups is 1. The fraction of sp³-hybridized carbons (Fsp3) is 0.533. The summed E-state index contributed by atoms with van der Waals surface area (Å²) in [7, 11) is 0. The van der Waals surface area contributed by atoms with Crippen LogP contribution in [-0.4, -0.2) is 17.6 Å². The van der Waals surface area contributed by atoms with Crippen LogP contribution in [0.25, 0.3) is 0 Å². The van der Waals surface area contributed by atoms with E-state index in [9.17, 15) is 9.90 Å². The van der Waals surface area contributed by atoms with Gasteiger partial charge in [-0.1, -0.05) is 39.8 Å². The highest BCUT2D eigenvalue weighted by Crippen LogP contribution is 2.25. The van der Waals surface area contributed by atoms with Gasteiger partial charge in [0, 0.05) is 6.54 Å². The van der Waals surface area contributed by atoms with Gasteiger partial charge >= 0.3 is 0 Å². The van der Waals surface area contributed by atoms with Crippen LogP contribution in [0.2, 0.25) is 0 Å². The summed E-state index contributed by atoms with van der Waals surface area (Å²) in [6.45, 7) is 10.9. The Morgan fingerprint density at radius 2 is 2.00 bits per heavy atom. The van der Waals surface area contributed by atoms with Crippen molar-refractivity contribution in [3.8, 4) is 5.75 Å². The first-order valence-electron chi connectivity index (χ1n) is 6.32. The molecule has 100 valence electrons. The molecular weight excluding hydrogens is 226 g/mol. The minimum absolute atomic E-state index is 0.0368. The molecule has 0 saturated carbocycles. The molecule has 0 heterocycles. The van der Waals surface area contributed by atoms with Gasteiger partial charge in [0.1, 0.15) is 5.75 Å². The molecule has 0 aliphatic heterocycles. The first-order chi connectivity index (χ1) is 8.25. The summed E-state index contributed by atoms with van der Waals surface area (Å²) in [5, 5.41) is 12.7. The number of phenolic OH excluding ortho intramolecular Hbond substituents is 1. The van der Waals surface area contributed by atoms with E-state index >= 15 is 0 Å². The quantitative estimate of drug-likeness (QED) is 0.861. The van der Waals surface area contributed by atoms with Gasteiger partial charge in [0.05, 0.1) is 5.56 Å². The minimum atomic E-state index is -0.218. The highest BCUT2D eigenvalue weighted by molar-refractivity contribution is 5.97. The van der Waals surface area contributed by atoms with Gasteiger partial charge in [-0.25, -0.2) is 0 Å². The SMILES string of the molecule is Cc1cccc(C(=O)NCC(C)(C)C(C)C)c1O. The number of para-hydroxylation sites is 1. The Morgan fingerprint density at radius 1 is 1.39 bits per heavy atom. The molecule has 1 amide bonds. The molecule has 0 atom stereocenters. The number of rotatable bonds is 4. The second kappa shape index (κ2) is 5.42. The third-order valence-electron chi connectivity index (χ3n) is 3.75. The molecule has 1 aromatic carbocycles. The standard InChI is InChI=1S/C15H23NO2/c1-10(2)15(4,5)9-16-14(18)12-8-6-7-11(3)13(12)17/h6-8,10,17H,9H2,1-5H3,(H,16,18). The van der Waals surface area contributed by atoms with Gasteiger partial charge < -0.3 is 10.4 Å². The second-order valence-electron chi connectivity index (χ2n) is 5.80. The predicted molar refractivity (Wildman–Crippen MR) is 73.8 cm³/mol. The predicted octanol–water partition coefficient (Wildman–Crippen LogP) is 3.11. The molecule has 18 heavy (non-hydrogen) atoms. The number of nitrogens with one attached hydrogen (secondary N) is 1. The van der Waals surface area contributed by atoms with Gasteiger partial charge in [-0.05, 0) is 29.9 Å². The number of hydrogen-bond acceptors (Lipinski definition) is 2. The zero-order chi connectivity index (χ0) is 13.9. The largest absolute Gasteiger partial charge is 0.507 e. The van der Waals surface area contributed by atoms with E-state index in [1.54, 1.807) is 25.1 Å². The van der Waals surface area contributed by atoms with Crippen LogP contribution in [0.15, 0.2) is 18.2 Å². The van der Waals surface area contributed by atoms with Crippen molar-refractivity contribution in [2.45, 2.75) is 34.6 Å². The Balaban J connectivity index is 2.75. The molecule has 1 rings (SSSR count). The molecule has 0 fully saturated rings. The summed E-state index contributed by atoms with van der Waals surface area (Å²) in [5.41, 5.74) is 1.09. The summed E-state index contributed by atoms with van der Waals surface area (Å²) >= 11 is 0. The zero-order valence-corrected chi connectivity index (χ0v) is 11.9. The first kappa shape index (κ1) is 14.6. The first-order valence-corrected chi connectivity index (χ1v) is 6.32. The normalized spacial score (nSPS) is 11.7. The van der Waals surface area contributed by atoms with Crippen molar-refractivity contribution in [1.29, 1.82) is 0 Å². The maximum atomic E-state index is 12.0. The number of benzene rings is 1. The van der Waals surface area contributed by atoms with E-state index in [4.69, 9.17) is 0 Å². The van der Waals surface area contributed by atoms with E-state index in [0.717, 1.165) is 0 Å². The van der Waals surface area contributed by atoms with Gasteiger partial charge in [0.15, 0.2) is 0 Å². The van der Waals surface area contributed by atoms with E-state index in [0.29, 0.717) is 23.6 Å². The van der Waals surface area contributed by atoms with E-state index in [2.05, 4.69) is 33.0 Å². The lowest BCUT2D eigenvalue weighted by Gasteiger charge is -2.29. The molecule has 0 radical (unpaired) electrons. The molecule has 0 bridgehead atoms. The molecule has 0 aliphatic rings. The molecule has 3 heteroatoms. The fourth-order valence-electron chi connectivity index (χ4n) is 1.45. The Kier molecular flexibility index (Phi) is 4.38. The Morgan fingerprint density at radius 3 is 2.56 bits per heavy atom. The van der Waals surface area contributed by atoms with Gasteiger partial charge in [-0.2, -0.15) is 0 Å². The molecule has 3 nitrogen and oxygen atoms in total. The number of carbonyl (C=O) groups excluding carboxylic acids is 1. The van der Waals surface area contributed by atoms with Crippen molar-refractivity contribution in [3.05, 3.63) is 29.3 Å². The highest BCUT2D eigenvalue weighted by Gasteiger charge is 2.23. The summed E-state index contributed by atoms with van der Waals surface area (Å²) < 4.78 is 0. The molecule has 1 aromatic rings. The summed E-state index contributed by atoms with van der Waals surface area (Å²) in [6, 6.07) is 5.20. The van der Waals surface area contributed by atoms with Crippen LogP contribution in [0.3, 0.4) is 0 Å². The maximum absolute atomic E-state index is 12.0. The third-order valence-corrected chi connectivity index (χ3v) is 3.75. The number of amides is 1. The van der Waals surface area contributed by atoms with Gasteiger partial charge in [-0.3, -0.25) is 4.79 Å². The van der Waals surface area contributed by atoms with Crippen molar-refractivity contribution >= 4 is 5.91 Å². The monoisotopic (exact) mass is 249 g/mol. The van der Waals surface area contributed by atoms with Crippen LogP contribution in [0.1, 0.15) is 43.6 Å². The molecule has 2 N–H and O–H groups in total. The Labute approximate surface area is 109 Å². The molecule has 0 spiro atoms. The second-order valence-corrected chi connectivity index (χ2v) is 5.80. The molecule has 0 aliphatic carbocycles. The number of hydrogen-bond donors (Lipinski definition) is 2. The molecular formula is C15H23NO2. The van der Waals surface area contributed by atoms with Crippen molar-refractivity contribution < 1.29 is 9.90 Å². The Hall–Kier alpha value is -1.51. The highest BCUT2D eigenvalue weighted by atomic mass is 16.3. The summed E-state index contributed by atoms with van der Waals surface area (Å²) in [6.07, 6.45) is 0. The Bertz CT molecular complexity index is 436. The zero-order valence-electron chi connectivity index (χ0n) is 11.9. The van der Waals surface area contributed by atoms with Crippen molar-refractivity contribution in [2.24, 2.45) is 11.3 Å². The van der Waals surface area contributed by atoms with Crippen LogP contribution in [-0.2, 0) is 0 Å². The van der Waals surface area contributed by atoms with Crippen LogP contribution in [0.4, 0.5) is 0 Å². The van der Waals surface area contributed by atoms with E-state index in [-0.39, 0.29) is 17.1 Å². The van der Waals surface area contributed by atoms with Crippen molar-refractivity contribution in [2.75, 3.05) is 6.54 Å². The van der Waals surface area contributed by atoms with E-state index < -0.39 is 0 Å². The number of aromatic hydroxyl groups is 1.